The summed E-state index contributed by atoms with van der Waals surface area (Å²) >= 11 is 0. The van der Waals surface area contributed by atoms with Crippen LogP contribution in [0.5, 0.6) is 0 Å². The molecule has 4 rings (SSSR count). The van der Waals surface area contributed by atoms with E-state index in [0.29, 0.717) is 12.2 Å². The largest absolute Gasteiger partial charge is 0.433 e. The first-order valence-corrected chi connectivity index (χ1v) is 11.5. The summed E-state index contributed by atoms with van der Waals surface area (Å²) in [4.78, 5) is 13.0. The zero-order valence-corrected chi connectivity index (χ0v) is 19.8. The number of halogens is 3. The molecule has 0 bridgehead atoms. The molecular formula is C25H27F3N6O. The van der Waals surface area contributed by atoms with Gasteiger partial charge in [0.15, 0.2) is 5.82 Å². The van der Waals surface area contributed by atoms with Gasteiger partial charge in [0.05, 0.1) is 12.2 Å². The number of alkyl halides is 3. The maximum Gasteiger partial charge on any atom is 0.433 e. The molecule has 2 aromatic heterocycles. The molecule has 0 aliphatic rings. The van der Waals surface area contributed by atoms with Gasteiger partial charge in [0.1, 0.15) is 5.69 Å². The van der Waals surface area contributed by atoms with Crippen LogP contribution in [-0.2, 0) is 25.7 Å². The standard InChI is InChI=1S/C25H27F3N6O/c1-4-33-22(25(26,27)28)21(14-9-16(2)3)34(24(33)35)15-17-10-12-18(13-11-17)19-7-5-6-8-20(19)23-29-31-32-30-23/h5-8,10-13,16H,4,9,14-15H2,1-3H3,(H,29,30,31,32). The Bertz CT molecular complexity index is 1340. The molecule has 7 nitrogen and oxygen atoms in total. The zero-order chi connectivity index (χ0) is 25.2. The van der Waals surface area contributed by atoms with Crippen molar-refractivity contribution in [2.24, 2.45) is 5.92 Å². The van der Waals surface area contributed by atoms with Crippen molar-refractivity contribution in [1.29, 1.82) is 0 Å². The third-order valence-electron chi connectivity index (χ3n) is 6.01. The average Bonchev–Trinajstić information content (AvgIpc) is 3.45. The highest BCUT2D eigenvalue weighted by atomic mass is 19.4. The van der Waals surface area contributed by atoms with Crippen LogP contribution in [0.3, 0.4) is 0 Å². The number of H-pyrrole nitrogens is 1. The summed E-state index contributed by atoms with van der Waals surface area (Å²) in [5.41, 5.74) is 1.95. The Hall–Kier alpha value is -3.69. The predicted molar refractivity (Wildman–Crippen MR) is 127 cm³/mol. The van der Waals surface area contributed by atoms with Crippen molar-refractivity contribution in [3.63, 3.8) is 0 Å². The zero-order valence-electron chi connectivity index (χ0n) is 19.8. The van der Waals surface area contributed by atoms with Gasteiger partial charge in [-0.25, -0.2) is 9.89 Å². The summed E-state index contributed by atoms with van der Waals surface area (Å²) in [5, 5.41) is 14.0. The molecule has 0 spiro atoms. The molecule has 0 aliphatic carbocycles. The van der Waals surface area contributed by atoms with Crippen molar-refractivity contribution in [2.75, 3.05) is 0 Å². The maximum absolute atomic E-state index is 14.0. The Labute approximate surface area is 200 Å². The lowest BCUT2D eigenvalue weighted by atomic mass is 9.98. The lowest BCUT2D eigenvalue weighted by Gasteiger charge is -2.14. The minimum Gasteiger partial charge on any atom is -0.291 e. The van der Waals surface area contributed by atoms with Crippen LogP contribution in [0, 0.1) is 5.92 Å². The Kier molecular flexibility index (Phi) is 6.90. The van der Waals surface area contributed by atoms with Gasteiger partial charge in [0.2, 0.25) is 0 Å². The molecular weight excluding hydrogens is 457 g/mol. The fourth-order valence-electron chi connectivity index (χ4n) is 4.28. The van der Waals surface area contributed by atoms with E-state index in [0.717, 1.165) is 26.8 Å². The smallest absolute Gasteiger partial charge is 0.291 e. The third-order valence-corrected chi connectivity index (χ3v) is 6.01. The molecule has 2 heterocycles. The molecule has 0 atom stereocenters. The second-order valence-electron chi connectivity index (χ2n) is 8.83. The Morgan fingerprint density at radius 2 is 1.69 bits per heavy atom. The fourth-order valence-corrected chi connectivity index (χ4v) is 4.28. The average molecular weight is 485 g/mol. The van der Waals surface area contributed by atoms with E-state index in [2.05, 4.69) is 20.6 Å². The first-order valence-electron chi connectivity index (χ1n) is 11.5. The third kappa shape index (κ3) is 5.06. The van der Waals surface area contributed by atoms with Crippen LogP contribution in [0.1, 0.15) is 44.1 Å². The summed E-state index contributed by atoms with van der Waals surface area (Å²) in [6.07, 6.45) is -3.86. The van der Waals surface area contributed by atoms with Gasteiger partial charge >= 0.3 is 11.9 Å². The van der Waals surface area contributed by atoms with Crippen LogP contribution in [0.4, 0.5) is 13.2 Å². The molecule has 0 saturated carbocycles. The number of nitrogens with zero attached hydrogens (tertiary/aromatic N) is 5. The topological polar surface area (TPSA) is 81.4 Å². The summed E-state index contributed by atoms with van der Waals surface area (Å²) < 4.78 is 44.0. The molecule has 0 aliphatic heterocycles. The van der Waals surface area contributed by atoms with E-state index < -0.39 is 17.6 Å². The predicted octanol–water partition coefficient (Wildman–Crippen LogP) is 5.17. The minimum absolute atomic E-state index is 0.0401. The first kappa shape index (κ1) is 24.4. The molecule has 0 unspecified atom stereocenters. The number of imidazole rings is 1. The number of tetrazole rings is 1. The number of nitrogens with one attached hydrogen (secondary N) is 1. The SMILES string of the molecule is CCn1c(C(F)(F)F)c(CCC(C)C)n(Cc2ccc(-c3ccccc3-c3nnn[nH]3)cc2)c1=O. The molecule has 10 heteroatoms. The van der Waals surface area contributed by atoms with Gasteiger partial charge in [0, 0.05) is 12.1 Å². The van der Waals surface area contributed by atoms with Crippen LogP contribution in [0.15, 0.2) is 53.3 Å². The fraction of sp³-hybridized carbons (Fsp3) is 0.360. The van der Waals surface area contributed by atoms with Crippen LogP contribution in [0.2, 0.25) is 0 Å². The van der Waals surface area contributed by atoms with E-state index in [-0.39, 0.29) is 31.1 Å². The van der Waals surface area contributed by atoms with Gasteiger partial charge in [-0.1, -0.05) is 62.4 Å². The lowest BCUT2D eigenvalue weighted by molar-refractivity contribution is -0.144. The molecule has 0 amide bonds. The van der Waals surface area contributed by atoms with Gasteiger partial charge in [-0.3, -0.25) is 9.13 Å². The molecule has 2 aromatic carbocycles. The van der Waals surface area contributed by atoms with E-state index in [1.807, 2.05) is 62.4 Å². The van der Waals surface area contributed by atoms with Gasteiger partial charge in [-0.05, 0) is 52.8 Å². The van der Waals surface area contributed by atoms with E-state index >= 15 is 0 Å². The minimum atomic E-state index is -4.60. The Morgan fingerprint density at radius 1 is 1.00 bits per heavy atom. The van der Waals surface area contributed by atoms with Crippen molar-refractivity contribution in [2.45, 2.75) is 52.9 Å². The normalized spacial score (nSPS) is 12.0. The summed E-state index contributed by atoms with van der Waals surface area (Å²) in [7, 11) is 0. The molecule has 4 aromatic rings. The van der Waals surface area contributed by atoms with Crippen molar-refractivity contribution < 1.29 is 13.2 Å². The van der Waals surface area contributed by atoms with E-state index in [9.17, 15) is 18.0 Å². The summed E-state index contributed by atoms with van der Waals surface area (Å²) in [5.74, 6) is 0.745. The monoisotopic (exact) mass is 484 g/mol. The molecule has 0 radical (unpaired) electrons. The van der Waals surface area contributed by atoms with E-state index in [1.165, 1.54) is 4.57 Å². The van der Waals surface area contributed by atoms with Gasteiger partial charge in [0.25, 0.3) is 0 Å². The Morgan fingerprint density at radius 3 is 2.26 bits per heavy atom. The van der Waals surface area contributed by atoms with Crippen LogP contribution < -0.4 is 5.69 Å². The highest BCUT2D eigenvalue weighted by molar-refractivity contribution is 5.80. The lowest BCUT2D eigenvalue weighted by Crippen LogP contribution is -2.26. The highest BCUT2D eigenvalue weighted by Gasteiger charge is 2.40. The molecule has 0 saturated heterocycles. The number of benzene rings is 2. The number of rotatable bonds is 8. The number of aromatic nitrogens is 6. The molecule has 35 heavy (non-hydrogen) atoms. The van der Waals surface area contributed by atoms with Gasteiger partial charge < -0.3 is 0 Å². The molecule has 1 N–H and O–H groups in total. The number of hydrogen-bond donors (Lipinski definition) is 1. The van der Waals surface area contributed by atoms with Crippen LogP contribution in [0.25, 0.3) is 22.5 Å². The number of hydrogen-bond acceptors (Lipinski definition) is 4. The first-order chi connectivity index (χ1) is 16.7. The van der Waals surface area contributed by atoms with Gasteiger partial charge in [-0.2, -0.15) is 13.2 Å². The molecule has 0 fully saturated rings. The maximum atomic E-state index is 14.0. The number of aromatic amines is 1. The second kappa shape index (κ2) is 9.89. The van der Waals surface area contributed by atoms with Crippen LogP contribution in [-0.4, -0.2) is 29.8 Å². The highest BCUT2D eigenvalue weighted by Crippen LogP contribution is 2.33. The van der Waals surface area contributed by atoms with Crippen molar-refractivity contribution in [3.05, 3.63) is 76.0 Å². The van der Waals surface area contributed by atoms with E-state index in [4.69, 9.17) is 0 Å². The van der Waals surface area contributed by atoms with Crippen molar-refractivity contribution in [3.8, 4) is 22.5 Å². The Balaban J connectivity index is 1.71. The van der Waals surface area contributed by atoms with Crippen molar-refractivity contribution >= 4 is 0 Å². The second-order valence-corrected chi connectivity index (χ2v) is 8.83. The van der Waals surface area contributed by atoms with Gasteiger partial charge in [-0.15, -0.1) is 5.10 Å². The summed E-state index contributed by atoms with van der Waals surface area (Å²) in [6, 6.07) is 15.1. The van der Waals surface area contributed by atoms with Crippen LogP contribution >= 0.6 is 0 Å². The molecule has 184 valence electrons. The van der Waals surface area contributed by atoms with E-state index in [1.54, 1.807) is 6.92 Å². The summed E-state index contributed by atoms with van der Waals surface area (Å²) in [6.45, 7) is 5.50. The van der Waals surface area contributed by atoms with Crippen molar-refractivity contribution in [1.82, 2.24) is 29.8 Å². The quantitative estimate of drug-likeness (QED) is 0.374.